The van der Waals surface area contributed by atoms with E-state index in [9.17, 15) is 4.79 Å². The van der Waals surface area contributed by atoms with Gasteiger partial charge >= 0.3 is 0 Å². The maximum absolute atomic E-state index is 12.4. The van der Waals surface area contributed by atoms with Crippen LogP contribution in [0.25, 0.3) is 0 Å². The SMILES string of the molecule is CCc1ccsc1C(=O)Cc1ncc(C)c(OC)c1C. The Morgan fingerprint density at radius 2 is 2.15 bits per heavy atom. The predicted octanol–water partition coefficient (Wildman–Crippen LogP) is 3.76. The lowest BCUT2D eigenvalue weighted by molar-refractivity contribution is 0.0994. The van der Waals surface area contributed by atoms with Crippen LogP contribution in [0.2, 0.25) is 0 Å². The van der Waals surface area contributed by atoms with Gasteiger partial charge in [-0.05, 0) is 37.3 Å². The van der Waals surface area contributed by atoms with Crippen molar-refractivity contribution in [1.82, 2.24) is 4.98 Å². The Kier molecular flexibility index (Phi) is 4.55. The van der Waals surface area contributed by atoms with E-state index in [1.807, 2.05) is 25.3 Å². The second kappa shape index (κ2) is 6.18. The van der Waals surface area contributed by atoms with Crippen molar-refractivity contribution in [3.63, 3.8) is 0 Å². The molecule has 0 radical (unpaired) electrons. The molecule has 2 aromatic rings. The van der Waals surface area contributed by atoms with Gasteiger partial charge in [-0.3, -0.25) is 9.78 Å². The molecule has 20 heavy (non-hydrogen) atoms. The summed E-state index contributed by atoms with van der Waals surface area (Å²) in [4.78, 5) is 17.7. The molecule has 0 bridgehead atoms. The molecule has 0 aliphatic carbocycles. The van der Waals surface area contributed by atoms with E-state index in [-0.39, 0.29) is 5.78 Å². The molecule has 0 aliphatic rings. The van der Waals surface area contributed by atoms with Crippen LogP contribution in [0.15, 0.2) is 17.6 Å². The number of aromatic nitrogens is 1. The topological polar surface area (TPSA) is 39.2 Å². The molecule has 0 spiro atoms. The molecule has 0 aromatic carbocycles. The van der Waals surface area contributed by atoms with Crippen LogP contribution >= 0.6 is 11.3 Å². The lowest BCUT2D eigenvalue weighted by atomic mass is 10.0. The maximum atomic E-state index is 12.4. The van der Waals surface area contributed by atoms with Crippen LogP contribution < -0.4 is 4.74 Å². The third kappa shape index (κ3) is 2.75. The number of methoxy groups -OCH3 is 1. The zero-order chi connectivity index (χ0) is 14.7. The number of Topliss-reactive ketones (excluding diaryl/α,β-unsaturated/α-hetero) is 1. The second-order valence-corrected chi connectivity index (χ2v) is 5.69. The normalized spacial score (nSPS) is 10.6. The number of ether oxygens (including phenoxy) is 1. The number of hydrogen-bond donors (Lipinski definition) is 0. The van der Waals surface area contributed by atoms with Gasteiger partial charge in [-0.25, -0.2) is 0 Å². The van der Waals surface area contributed by atoms with Crippen LogP contribution in [0.5, 0.6) is 5.75 Å². The van der Waals surface area contributed by atoms with Crippen LogP contribution in [0.1, 0.15) is 39.0 Å². The zero-order valence-corrected chi connectivity index (χ0v) is 13.1. The monoisotopic (exact) mass is 289 g/mol. The third-order valence-corrected chi connectivity index (χ3v) is 4.46. The quantitative estimate of drug-likeness (QED) is 0.787. The number of pyridine rings is 1. The number of hydrogen-bond acceptors (Lipinski definition) is 4. The molecule has 2 heterocycles. The lowest BCUT2D eigenvalue weighted by Crippen LogP contribution is -2.08. The van der Waals surface area contributed by atoms with Gasteiger partial charge < -0.3 is 4.74 Å². The average Bonchev–Trinajstić information content (AvgIpc) is 2.91. The molecule has 0 saturated carbocycles. The molecular weight excluding hydrogens is 270 g/mol. The summed E-state index contributed by atoms with van der Waals surface area (Å²) in [5, 5.41) is 1.97. The van der Waals surface area contributed by atoms with Crippen molar-refractivity contribution in [2.75, 3.05) is 7.11 Å². The first-order valence-corrected chi connectivity index (χ1v) is 7.55. The zero-order valence-electron chi connectivity index (χ0n) is 12.3. The number of ketones is 1. The van der Waals surface area contributed by atoms with Crippen LogP contribution in [0, 0.1) is 13.8 Å². The van der Waals surface area contributed by atoms with Crippen LogP contribution in [0.3, 0.4) is 0 Å². The number of thiophene rings is 1. The third-order valence-electron chi connectivity index (χ3n) is 3.46. The lowest BCUT2D eigenvalue weighted by Gasteiger charge is -2.11. The van der Waals surface area contributed by atoms with E-state index in [0.29, 0.717) is 6.42 Å². The van der Waals surface area contributed by atoms with Gasteiger partial charge in [-0.1, -0.05) is 6.92 Å². The van der Waals surface area contributed by atoms with Crippen molar-refractivity contribution in [1.29, 1.82) is 0 Å². The molecule has 0 atom stereocenters. The van der Waals surface area contributed by atoms with E-state index >= 15 is 0 Å². The van der Waals surface area contributed by atoms with E-state index < -0.39 is 0 Å². The standard InChI is InChI=1S/C16H19NO2S/c1-5-12-6-7-20-16(12)14(18)8-13-11(3)15(19-4)10(2)9-17-13/h6-7,9H,5,8H2,1-4H3. The van der Waals surface area contributed by atoms with Crippen molar-refractivity contribution in [3.05, 3.63) is 44.9 Å². The minimum absolute atomic E-state index is 0.137. The minimum atomic E-state index is 0.137. The Hall–Kier alpha value is -1.68. The molecule has 0 saturated heterocycles. The Morgan fingerprint density at radius 3 is 2.80 bits per heavy atom. The summed E-state index contributed by atoms with van der Waals surface area (Å²) in [7, 11) is 1.65. The number of carbonyl (C=O) groups excluding carboxylic acids is 1. The molecule has 4 heteroatoms. The first kappa shape index (κ1) is 14.7. The van der Waals surface area contributed by atoms with Gasteiger partial charge in [-0.15, -0.1) is 11.3 Å². The fourth-order valence-corrected chi connectivity index (χ4v) is 3.28. The Labute approximate surface area is 123 Å². The van der Waals surface area contributed by atoms with Crippen molar-refractivity contribution >= 4 is 17.1 Å². The highest BCUT2D eigenvalue weighted by molar-refractivity contribution is 7.12. The van der Waals surface area contributed by atoms with Crippen molar-refractivity contribution < 1.29 is 9.53 Å². The van der Waals surface area contributed by atoms with Crippen molar-refractivity contribution in [2.24, 2.45) is 0 Å². The van der Waals surface area contributed by atoms with E-state index in [4.69, 9.17) is 4.74 Å². The van der Waals surface area contributed by atoms with Crippen LogP contribution in [-0.4, -0.2) is 17.9 Å². The molecular formula is C16H19NO2S. The van der Waals surface area contributed by atoms with Gasteiger partial charge in [-0.2, -0.15) is 0 Å². The summed E-state index contributed by atoms with van der Waals surface area (Å²) in [6.45, 7) is 5.98. The van der Waals surface area contributed by atoms with E-state index in [1.54, 1.807) is 13.3 Å². The summed E-state index contributed by atoms with van der Waals surface area (Å²) in [6, 6.07) is 2.02. The van der Waals surface area contributed by atoms with Gasteiger partial charge in [0, 0.05) is 17.3 Å². The fourth-order valence-electron chi connectivity index (χ4n) is 2.34. The predicted molar refractivity (Wildman–Crippen MR) is 82.0 cm³/mol. The summed E-state index contributed by atoms with van der Waals surface area (Å²) in [6.07, 6.45) is 2.98. The number of nitrogens with zero attached hydrogens (tertiary/aromatic N) is 1. The van der Waals surface area contributed by atoms with E-state index in [2.05, 4.69) is 11.9 Å². The summed E-state index contributed by atoms with van der Waals surface area (Å²) < 4.78 is 5.38. The van der Waals surface area contributed by atoms with E-state index in [0.717, 1.165) is 39.4 Å². The first-order valence-electron chi connectivity index (χ1n) is 6.67. The second-order valence-electron chi connectivity index (χ2n) is 4.77. The van der Waals surface area contributed by atoms with Crippen LogP contribution in [-0.2, 0) is 12.8 Å². The smallest absolute Gasteiger partial charge is 0.179 e. The highest BCUT2D eigenvalue weighted by Gasteiger charge is 2.17. The summed E-state index contributed by atoms with van der Waals surface area (Å²) >= 11 is 1.51. The molecule has 106 valence electrons. The Morgan fingerprint density at radius 1 is 1.40 bits per heavy atom. The Bertz CT molecular complexity index is 631. The van der Waals surface area contributed by atoms with Gasteiger partial charge in [0.25, 0.3) is 0 Å². The van der Waals surface area contributed by atoms with Crippen molar-refractivity contribution in [3.8, 4) is 5.75 Å². The molecule has 0 amide bonds. The first-order chi connectivity index (χ1) is 9.58. The van der Waals surface area contributed by atoms with Crippen molar-refractivity contribution in [2.45, 2.75) is 33.6 Å². The summed E-state index contributed by atoms with van der Waals surface area (Å²) in [5.41, 5.74) is 3.87. The number of rotatable bonds is 5. The van der Waals surface area contributed by atoms with Crippen LogP contribution in [0.4, 0.5) is 0 Å². The highest BCUT2D eigenvalue weighted by atomic mass is 32.1. The van der Waals surface area contributed by atoms with Gasteiger partial charge in [0.1, 0.15) is 5.75 Å². The number of carbonyl (C=O) groups is 1. The average molecular weight is 289 g/mol. The fraction of sp³-hybridized carbons (Fsp3) is 0.375. The molecule has 0 unspecified atom stereocenters. The Balaban J connectivity index is 2.29. The summed E-state index contributed by atoms with van der Waals surface area (Å²) in [5.74, 6) is 0.961. The largest absolute Gasteiger partial charge is 0.496 e. The molecule has 3 nitrogen and oxygen atoms in total. The highest BCUT2D eigenvalue weighted by Crippen LogP contribution is 2.26. The van der Waals surface area contributed by atoms with Gasteiger partial charge in [0.05, 0.1) is 24.1 Å². The minimum Gasteiger partial charge on any atom is -0.496 e. The van der Waals surface area contributed by atoms with Gasteiger partial charge in [0.15, 0.2) is 5.78 Å². The maximum Gasteiger partial charge on any atom is 0.179 e. The molecule has 0 fully saturated rings. The van der Waals surface area contributed by atoms with Gasteiger partial charge in [0.2, 0.25) is 0 Å². The number of aryl methyl sites for hydroxylation is 2. The molecule has 2 aromatic heterocycles. The van der Waals surface area contributed by atoms with E-state index in [1.165, 1.54) is 11.3 Å². The molecule has 2 rings (SSSR count). The molecule has 0 aliphatic heterocycles. The molecule has 0 N–H and O–H groups in total.